The molecule has 0 heterocycles. The van der Waals surface area contributed by atoms with E-state index in [4.69, 9.17) is 0 Å². The van der Waals surface area contributed by atoms with Crippen LogP contribution in [0.15, 0.2) is 94.9 Å². The number of anilines is 1. The van der Waals surface area contributed by atoms with Gasteiger partial charge < -0.3 is 0 Å². The molecule has 0 atom stereocenters. The van der Waals surface area contributed by atoms with Gasteiger partial charge in [0.2, 0.25) is 0 Å². The van der Waals surface area contributed by atoms with Crippen LogP contribution < -0.4 is 9.73 Å². The Morgan fingerprint density at radius 1 is 0.914 bits per heavy atom. The van der Waals surface area contributed by atoms with Gasteiger partial charge in [-0.1, -0.05) is 48.5 Å². The number of amides is 1. The zero-order chi connectivity index (χ0) is 24.4. The Morgan fingerprint density at radius 2 is 1.63 bits per heavy atom. The van der Waals surface area contributed by atoms with Gasteiger partial charge in [0.1, 0.15) is 12.4 Å². The van der Waals surface area contributed by atoms with Crippen molar-refractivity contribution in [3.8, 4) is 0 Å². The molecule has 35 heavy (non-hydrogen) atoms. The molecule has 0 radical (unpaired) electrons. The molecule has 4 aromatic carbocycles. The third-order valence-electron chi connectivity index (χ3n) is 6.04. The molecule has 0 fully saturated rings. The molecule has 5 rings (SSSR count). The van der Waals surface area contributed by atoms with E-state index in [9.17, 15) is 17.6 Å². The summed E-state index contributed by atoms with van der Waals surface area (Å²) in [6, 6.07) is 22.9. The number of carbonyl (C=O) groups excluding carboxylic acids is 1. The zero-order valence-electron chi connectivity index (χ0n) is 18.7. The van der Waals surface area contributed by atoms with Crippen LogP contribution in [0.5, 0.6) is 0 Å². The van der Waals surface area contributed by atoms with Crippen molar-refractivity contribution in [2.24, 2.45) is 5.10 Å². The fourth-order valence-electron chi connectivity index (χ4n) is 4.36. The van der Waals surface area contributed by atoms with E-state index in [1.807, 2.05) is 18.2 Å². The standard InChI is InChI=1S/C27H22FN3O3S/c28-22-13-15-23(16-14-22)31(35(33,34)24-6-2-1-3-7-24)18-26(32)30-29-17-21-12-11-20-10-9-19-5-4-8-25(21)27(19)20/h1-8,11-17H,9-10,18H2,(H,30,32)/b29-17-. The fourth-order valence-corrected chi connectivity index (χ4v) is 5.81. The van der Waals surface area contributed by atoms with Gasteiger partial charge in [-0.25, -0.2) is 18.2 Å². The van der Waals surface area contributed by atoms with Crippen molar-refractivity contribution in [2.45, 2.75) is 17.7 Å². The molecular weight excluding hydrogens is 465 g/mol. The predicted octanol–water partition coefficient (Wildman–Crippen LogP) is 4.42. The third-order valence-corrected chi connectivity index (χ3v) is 7.82. The quantitative estimate of drug-likeness (QED) is 0.310. The lowest BCUT2D eigenvalue weighted by molar-refractivity contribution is -0.119. The smallest absolute Gasteiger partial charge is 0.264 e. The Bertz CT molecular complexity index is 1530. The zero-order valence-corrected chi connectivity index (χ0v) is 19.5. The van der Waals surface area contributed by atoms with E-state index in [-0.39, 0.29) is 10.6 Å². The summed E-state index contributed by atoms with van der Waals surface area (Å²) >= 11 is 0. The number of aryl methyl sites for hydroxylation is 2. The average molecular weight is 488 g/mol. The second-order valence-electron chi connectivity index (χ2n) is 8.25. The highest BCUT2D eigenvalue weighted by molar-refractivity contribution is 7.92. The number of nitrogens with one attached hydrogen (secondary N) is 1. The summed E-state index contributed by atoms with van der Waals surface area (Å²) in [4.78, 5) is 12.8. The molecule has 0 unspecified atom stereocenters. The van der Waals surface area contributed by atoms with Crippen molar-refractivity contribution < 1.29 is 17.6 Å². The largest absolute Gasteiger partial charge is 0.271 e. The number of nitrogens with zero attached hydrogens (tertiary/aromatic N) is 2. The van der Waals surface area contributed by atoms with Crippen molar-refractivity contribution in [2.75, 3.05) is 10.8 Å². The van der Waals surface area contributed by atoms with Crippen molar-refractivity contribution in [1.29, 1.82) is 0 Å². The van der Waals surface area contributed by atoms with Crippen LogP contribution in [-0.4, -0.2) is 27.1 Å². The average Bonchev–Trinajstić information content (AvgIpc) is 3.30. The first kappa shape index (κ1) is 22.7. The van der Waals surface area contributed by atoms with Gasteiger partial charge in [0, 0.05) is 5.56 Å². The Morgan fingerprint density at radius 3 is 2.37 bits per heavy atom. The van der Waals surface area contributed by atoms with Gasteiger partial charge in [-0.3, -0.25) is 9.10 Å². The van der Waals surface area contributed by atoms with Crippen molar-refractivity contribution in [1.82, 2.24) is 5.43 Å². The highest BCUT2D eigenvalue weighted by atomic mass is 32.2. The van der Waals surface area contributed by atoms with E-state index in [1.54, 1.807) is 24.4 Å². The number of hydrazone groups is 1. The van der Waals surface area contributed by atoms with Crippen LogP contribution in [0.1, 0.15) is 16.7 Å². The van der Waals surface area contributed by atoms with E-state index in [2.05, 4.69) is 22.7 Å². The molecule has 1 N–H and O–H groups in total. The normalized spacial score (nSPS) is 12.8. The van der Waals surface area contributed by atoms with E-state index >= 15 is 0 Å². The lowest BCUT2D eigenvalue weighted by Gasteiger charge is -2.23. The molecule has 0 bridgehead atoms. The van der Waals surface area contributed by atoms with Gasteiger partial charge in [0.15, 0.2) is 0 Å². The number of hydrogen-bond acceptors (Lipinski definition) is 4. The molecule has 0 spiro atoms. The molecule has 0 saturated heterocycles. The molecular formula is C27H22FN3O3S. The van der Waals surface area contributed by atoms with Crippen molar-refractivity contribution in [3.05, 3.63) is 107 Å². The maximum absolute atomic E-state index is 13.5. The van der Waals surface area contributed by atoms with Gasteiger partial charge in [0.05, 0.1) is 16.8 Å². The summed E-state index contributed by atoms with van der Waals surface area (Å²) in [6.07, 6.45) is 3.59. The SMILES string of the molecule is O=C(CN(c1ccc(F)cc1)S(=O)(=O)c1ccccc1)N/N=C\c1ccc2c3c(cccc13)CC2. The summed E-state index contributed by atoms with van der Waals surface area (Å²) in [6.45, 7) is -0.524. The topological polar surface area (TPSA) is 78.8 Å². The monoisotopic (exact) mass is 487 g/mol. The van der Waals surface area contributed by atoms with Crippen LogP contribution in [-0.2, 0) is 27.7 Å². The summed E-state index contributed by atoms with van der Waals surface area (Å²) in [5.74, 6) is -1.14. The Balaban J connectivity index is 1.38. The Labute approximate surface area is 202 Å². The molecule has 8 heteroatoms. The van der Waals surface area contributed by atoms with Crippen molar-refractivity contribution in [3.63, 3.8) is 0 Å². The minimum atomic E-state index is -4.07. The first-order chi connectivity index (χ1) is 16.9. The molecule has 176 valence electrons. The number of hydrogen-bond donors (Lipinski definition) is 1. The maximum Gasteiger partial charge on any atom is 0.264 e. The molecule has 6 nitrogen and oxygen atoms in total. The molecule has 0 saturated carbocycles. The summed E-state index contributed by atoms with van der Waals surface area (Å²) < 4.78 is 41.0. The first-order valence-corrected chi connectivity index (χ1v) is 12.6. The highest BCUT2D eigenvalue weighted by Gasteiger charge is 2.27. The van der Waals surface area contributed by atoms with E-state index in [0.717, 1.165) is 40.2 Å². The van der Waals surface area contributed by atoms with Crippen molar-refractivity contribution >= 4 is 38.6 Å². The second-order valence-corrected chi connectivity index (χ2v) is 10.1. The predicted molar refractivity (Wildman–Crippen MR) is 134 cm³/mol. The summed E-state index contributed by atoms with van der Waals surface area (Å²) in [5, 5.41) is 6.38. The van der Waals surface area contributed by atoms with Gasteiger partial charge >= 0.3 is 0 Å². The number of benzene rings is 4. The van der Waals surface area contributed by atoms with Crippen LogP contribution in [0, 0.1) is 5.82 Å². The van der Waals surface area contributed by atoms with E-state index in [1.165, 1.54) is 40.8 Å². The number of halogens is 1. The molecule has 4 aromatic rings. The Hall–Kier alpha value is -4.04. The number of carbonyl (C=O) groups is 1. The molecule has 0 aromatic heterocycles. The summed E-state index contributed by atoms with van der Waals surface area (Å²) in [5.41, 5.74) is 6.06. The first-order valence-electron chi connectivity index (χ1n) is 11.1. The van der Waals surface area contributed by atoms with Crippen LogP contribution in [0.2, 0.25) is 0 Å². The van der Waals surface area contributed by atoms with Gasteiger partial charge in [-0.15, -0.1) is 0 Å². The van der Waals surface area contributed by atoms with E-state index in [0.29, 0.717) is 0 Å². The lowest BCUT2D eigenvalue weighted by Crippen LogP contribution is -2.39. The second kappa shape index (κ2) is 9.31. The minimum Gasteiger partial charge on any atom is -0.271 e. The molecule has 1 amide bonds. The number of sulfonamides is 1. The molecule has 0 aliphatic heterocycles. The lowest BCUT2D eigenvalue weighted by atomic mass is 10.0. The Kier molecular flexibility index (Phi) is 6.05. The van der Waals surface area contributed by atoms with Gasteiger partial charge in [0.25, 0.3) is 15.9 Å². The van der Waals surface area contributed by atoms with E-state index < -0.39 is 28.3 Å². The number of rotatable bonds is 7. The molecule has 1 aliphatic carbocycles. The van der Waals surface area contributed by atoms with Crippen LogP contribution >= 0.6 is 0 Å². The minimum absolute atomic E-state index is 0.0218. The van der Waals surface area contributed by atoms with Crippen LogP contribution in [0.4, 0.5) is 10.1 Å². The highest BCUT2D eigenvalue weighted by Crippen LogP contribution is 2.32. The fraction of sp³-hybridized carbons (Fsp3) is 0.111. The van der Waals surface area contributed by atoms with Crippen LogP contribution in [0.25, 0.3) is 10.8 Å². The maximum atomic E-state index is 13.5. The van der Waals surface area contributed by atoms with Gasteiger partial charge in [-0.05, 0) is 71.1 Å². The third kappa shape index (κ3) is 4.52. The van der Waals surface area contributed by atoms with Gasteiger partial charge in [-0.2, -0.15) is 5.10 Å². The molecule has 1 aliphatic rings. The van der Waals surface area contributed by atoms with Crippen LogP contribution in [0.3, 0.4) is 0 Å². The summed E-state index contributed by atoms with van der Waals surface area (Å²) in [7, 11) is -4.07.